The van der Waals surface area contributed by atoms with Gasteiger partial charge >= 0.3 is 0 Å². The highest BCUT2D eigenvalue weighted by molar-refractivity contribution is 7.13. The van der Waals surface area contributed by atoms with Crippen molar-refractivity contribution in [3.8, 4) is 10.6 Å². The van der Waals surface area contributed by atoms with E-state index >= 15 is 0 Å². The maximum Gasteiger partial charge on any atom is 0.271 e. The predicted octanol–water partition coefficient (Wildman–Crippen LogP) is 3.39. The third-order valence-electron chi connectivity index (χ3n) is 4.57. The molecule has 1 aromatic heterocycles. The Hall–Kier alpha value is -2.03. The van der Waals surface area contributed by atoms with E-state index in [1.165, 1.54) is 23.5 Å². The molecule has 3 rings (SSSR count). The molecule has 1 saturated carbocycles. The van der Waals surface area contributed by atoms with Gasteiger partial charge in [0.25, 0.3) is 11.6 Å². The van der Waals surface area contributed by atoms with Crippen LogP contribution in [0.4, 0.5) is 5.69 Å². The highest BCUT2D eigenvalue weighted by Crippen LogP contribution is 2.28. The van der Waals surface area contributed by atoms with Gasteiger partial charge in [-0.3, -0.25) is 14.9 Å². The predicted molar refractivity (Wildman–Crippen MR) is 104 cm³/mol. The molecule has 3 N–H and O–H groups in total. The minimum atomic E-state index is -0.444. The molecule has 2 atom stereocenters. The number of halogens is 1. The zero-order chi connectivity index (χ0) is 17.8. The normalized spacial score (nSPS) is 19.4. The highest BCUT2D eigenvalue weighted by Gasteiger charge is 2.26. The number of hydrogen-bond donors (Lipinski definition) is 2. The van der Waals surface area contributed by atoms with Crippen molar-refractivity contribution in [2.75, 3.05) is 6.54 Å². The fourth-order valence-corrected chi connectivity index (χ4v) is 3.98. The number of nitrogens with two attached hydrogens (primary N) is 1. The number of rotatable bonds is 5. The lowest BCUT2D eigenvalue weighted by molar-refractivity contribution is -0.384. The van der Waals surface area contributed by atoms with E-state index in [2.05, 4.69) is 10.3 Å². The van der Waals surface area contributed by atoms with Crippen LogP contribution in [-0.4, -0.2) is 28.4 Å². The number of amides is 1. The molecule has 1 amide bonds. The lowest BCUT2D eigenvalue weighted by Crippen LogP contribution is -2.44. The first-order chi connectivity index (χ1) is 12.1. The zero-order valence-corrected chi connectivity index (χ0v) is 15.7. The standard InChI is InChI=1S/C17H20N4O3S.ClH/c18-9-12-4-1-2-7-14(12)19-16(22)15-10-25-17(20-15)11-5-3-6-13(8-11)21(23)24;/h3,5-6,8,10,12,14H,1-2,4,7,9,18H2,(H,19,22);1H. The molecule has 0 bridgehead atoms. The van der Waals surface area contributed by atoms with Crippen LogP contribution in [0, 0.1) is 16.0 Å². The summed E-state index contributed by atoms with van der Waals surface area (Å²) in [5, 5.41) is 16.2. The number of aromatic nitrogens is 1. The van der Waals surface area contributed by atoms with Gasteiger partial charge in [-0.05, 0) is 25.3 Å². The van der Waals surface area contributed by atoms with E-state index in [1.54, 1.807) is 17.5 Å². The van der Waals surface area contributed by atoms with Gasteiger partial charge in [0, 0.05) is 29.1 Å². The Bertz CT molecular complexity index is 783. The van der Waals surface area contributed by atoms with E-state index in [-0.39, 0.29) is 30.0 Å². The molecule has 0 aliphatic heterocycles. The van der Waals surface area contributed by atoms with Crippen LogP contribution in [0.3, 0.4) is 0 Å². The Balaban J connectivity index is 0.00000243. The third-order valence-corrected chi connectivity index (χ3v) is 5.46. The molecule has 2 unspecified atom stereocenters. The van der Waals surface area contributed by atoms with Crippen molar-refractivity contribution in [2.45, 2.75) is 31.7 Å². The van der Waals surface area contributed by atoms with Crippen molar-refractivity contribution in [2.24, 2.45) is 11.7 Å². The number of non-ortho nitro benzene ring substituents is 1. The van der Waals surface area contributed by atoms with Gasteiger partial charge in [0.15, 0.2) is 0 Å². The average Bonchev–Trinajstić information content (AvgIpc) is 3.12. The molecule has 1 aliphatic carbocycles. The van der Waals surface area contributed by atoms with Crippen LogP contribution < -0.4 is 11.1 Å². The average molecular weight is 397 g/mol. The molecule has 0 saturated heterocycles. The molecular weight excluding hydrogens is 376 g/mol. The lowest BCUT2D eigenvalue weighted by Gasteiger charge is -2.31. The zero-order valence-electron chi connectivity index (χ0n) is 14.1. The summed E-state index contributed by atoms with van der Waals surface area (Å²) in [7, 11) is 0. The second-order valence-corrected chi connectivity index (χ2v) is 7.06. The second kappa shape index (κ2) is 9.07. The minimum Gasteiger partial charge on any atom is -0.348 e. The summed E-state index contributed by atoms with van der Waals surface area (Å²) in [5.74, 6) is 0.103. The van der Waals surface area contributed by atoms with E-state index in [9.17, 15) is 14.9 Å². The Kier molecular flexibility index (Phi) is 7.07. The Morgan fingerprint density at radius 1 is 1.38 bits per heavy atom. The van der Waals surface area contributed by atoms with Crippen LogP contribution in [0.5, 0.6) is 0 Å². The van der Waals surface area contributed by atoms with Gasteiger partial charge in [-0.1, -0.05) is 25.0 Å². The fraction of sp³-hybridized carbons (Fsp3) is 0.412. The maximum absolute atomic E-state index is 12.5. The second-order valence-electron chi connectivity index (χ2n) is 6.21. The molecule has 1 aromatic carbocycles. The van der Waals surface area contributed by atoms with Crippen molar-refractivity contribution < 1.29 is 9.72 Å². The summed E-state index contributed by atoms with van der Waals surface area (Å²) in [5.41, 5.74) is 6.79. The quantitative estimate of drug-likeness (QED) is 0.594. The number of thiazole rings is 1. The number of nitrogens with one attached hydrogen (secondary N) is 1. The molecule has 2 aromatic rings. The molecule has 1 aliphatic rings. The van der Waals surface area contributed by atoms with Gasteiger partial charge in [0.1, 0.15) is 10.7 Å². The van der Waals surface area contributed by atoms with Gasteiger partial charge in [-0.25, -0.2) is 4.98 Å². The minimum absolute atomic E-state index is 0. The van der Waals surface area contributed by atoms with Gasteiger partial charge in [-0.15, -0.1) is 23.7 Å². The summed E-state index contributed by atoms with van der Waals surface area (Å²) in [6.07, 6.45) is 4.23. The number of hydrogen-bond acceptors (Lipinski definition) is 6. The molecule has 1 heterocycles. The first-order valence-electron chi connectivity index (χ1n) is 8.29. The molecule has 9 heteroatoms. The highest BCUT2D eigenvalue weighted by atomic mass is 35.5. The van der Waals surface area contributed by atoms with Crippen molar-refractivity contribution in [3.05, 3.63) is 45.5 Å². The van der Waals surface area contributed by atoms with Crippen molar-refractivity contribution >= 4 is 35.3 Å². The smallest absolute Gasteiger partial charge is 0.271 e. The molecular formula is C17H21ClN4O3S. The number of carbonyl (C=O) groups is 1. The maximum atomic E-state index is 12.5. The Morgan fingerprint density at radius 3 is 2.88 bits per heavy atom. The van der Waals surface area contributed by atoms with Crippen molar-refractivity contribution in [1.82, 2.24) is 10.3 Å². The van der Waals surface area contributed by atoms with Crippen LogP contribution in [0.1, 0.15) is 36.2 Å². The summed E-state index contributed by atoms with van der Waals surface area (Å²) < 4.78 is 0. The topological polar surface area (TPSA) is 111 Å². The molecule has 1 fully saturated rings. The van der Waals surface area contributed by atoms with Crippen molar-refractivity contribution in [3.63, 3.8) is 0 Å². The van der Waals surface area contributed by atoms with Crippen LogP contribution in [0.25, 0.3) is 10.6 Å². The number of nitro groups is 1. The summed E-state index contributed by atoms with van der Waals surface area (Å²) >= 11 is 1.30. The molecule has 0 radical (unpaired) electrons. The monoisotopic (exact) mass is 396 g/mol. The van der Waals surface area contributed by atoms with Crippen LogP contribution >= 0.6 is 23.7 Å². The van der Waals surface area contributed by atoms with E-state index in [0.29, 0.717) is 28.7 Å². The fourth-order valence-electron chi connectivity index (χ4n) is 3.19. The molecule has 7 nitrogen and oxygen atoms in total. The number of benzene rings is 1. The third kappa shape index (κ3) is 4.57. The van der Waals surface area contributed by atoms with Gasteiger partial charge in [0.2, 0.25) is 0 Å². The molecule has 140 valence electrons. The van der Waals surface area contributed by atoms with Gasteiger partial charge in [-0.2, -0.15) is 0 Å². The van der Waals surface area contributed by atoms with Crippen LogP contribution in [0.2, 0.25) is 0 Å². The first kappa shape index (κ1) is 20.3. The summed E-state index contributed by atoms with van der Waals surface area (Å²) in [4.78, 5) is 27.3. The van der Waals surface area contributed by atoms with E-state index in [1.807, 2.05) is 0 Å². The van der Waals surface area contributed by atoms with Crippen LogP contribution in [-0.2, 0) is 0 Å². The largest absolute Gasteiger partial charge is 0.348 e. The first-order valence-corrected chi connectivity index (χ1v) is 9.17. The number of nitrogens with zero attached hydrogens (tertiary/aromatic N) is 2. The van der Waals surface area contributed by atoms with Crippen LogP contribution in [0.15, 0.2) is 29.6 Å². The van der Waals surface area contributed by atoms with E-state index < -0.39 is 4.92 Å². The Labute approximate surface area is 161 Å². The lowest BCUT2D eigenvalue weighted by atomic mass is 9.84. The summed E-state index contributed by atoms with van der Waals surface area (Å²) in [6, 6.07) is 6.35. The molecule has 26 heavy (non-hydrogen) atoms. The summed E-state index contributed by atoms with van der Waals surface area (Å²) in [6.45, 7) is 0.570. The Morgan fingerprint density at radius 2 is 2.15 bits per heavy atom. The molecule has 0 spiro atoms. The SMILES string of the molecule is Cl.NCC1CCCCC1NC(=O)c1csc(-c2cccc([N+](=O)[O-])c2)n1. The van der Waals surface area contributed by atoms with E-state index in [0.717, 1.165) is 25.7 Å². The number of carbonyl (C=O) groups excluding carboxylic acids is 1. The van der Waals surface area contributed by atoms with Gasteiger partial charge < -0.3 is 11.1 Å². The van der Waals surface area contributed by atoms with Gasteiger partial charge in [0.05, 0.1) is 4.92 Å². The van der Waals surface area contributed by atoms with E-state index in [4.69, 9.17) is 5.73 Å². The number of nitro benzene ring substituents is 1. The van der Waals surface area contributed by atoms with Crippen molar-refractivity contribution in [1.29, 1.82) is 0 Å².